The Labute approximate surface area is 148 Å². The Morgan fingerprint density at radius 3 is 2.36 bits per heavy atom. The second kappa shape index (κ2) is 7.55. The summed E-state index contributed by atoms with van der Waals surface area (Å²) in [4.78, 5) is 1.90. The van der Waals surface area contributed by atoms with Gasteiger partial charge in [0.2, 0.25) is 9.84 Å². The molecule has 1 aliphatic rings. The number of para-hydroxylation sites is 1. The SMILES string of the molecule is CC1CN(C(C)(C)CNc2ccccc2S(=O)(=O)C(F)F)CC(C)O1. The van der Waals surface area contributed by atoms with Crippen molar-refractivity contribution in [2.24, 2.45) is 0 Å². The number of nitrogens with zero attached hydrogens (tertiary/aromatic N) is 1. The predicted molar refractivity (Wildman–Crippen MR) is 93.8 cm³/mol. The second-order valence-corrected chi connectivity index (χ2v) is 9.02. The number of ether oxygens (including phenoxy) is 1. The molecule has 1 aliphatic heterocycles. The Hall–Kier alpha value is -1.25. The first kappa shape index (κ1) is 20.1. The van der Waals surface area contributed by atoms with Gasteiger partial charge in [-0.25, -0.2) is 8.42 Å². The van der Waals surface area contributed by atoms with Gasteiger partial charge in [0.25, 0.3) is 0 Å². The number of sulfone groups is 1. The highest BCUT2D eigenvalue weighted by Gasteiger charge is 2.34. The van der Waals surface area contributed by atoms with Gasteiger partial charge in [-0.15, -0.1) is 0 Å². The molecule has 0 bridgehead atoms. The van der Waals surface area contributed by atoms with E-state index in [0.717, 1.165) is 13.1 Å². The van der Waals surface area contributed by atoms with Crippen molar-refractivity contribution in [2.45, 2.75) is 56.1 Å². The first-order valence-electron chi connectivity index (χ1n) is 8.29. The number of morpholine rings is 1. The van der Waals surface area contributed by atoms with Crippen molar-refractivity contribution in [2.75, 3.05) is 25.0 Å². The summed E-state index contributed by atoms with van der Waals surface area (Å²) >= 11 is 0. The maximum Gasteiger partial charge on any atom is 0.341 e. The minimum Gasteiger partial charge on any atom is -0.382 e. The zero-order valence-corrected chi connectivity index (χ0v) is 15.8. The molecule has 0 spiro atoms. The summed E-state index contributed by atoms with van der Waals surface area (Å²) in [6, 6.07) is 5.78. The molecule has 0 aliphatic carbocycles. The van der Waals surface area contributed by atoms with Crippen molar-refractivity contribution >= 4 is 15.5 Å². The van der Waals surface area contributed by atoms with Crippen LogP contribution in [-0.4, -0.2) is 56.5 Å². The molecule has 1 N–H and O–H groups in total. The number of alkyl halides is 2. The van der Waals surface area contributed by atoms with Gasteiger partial charge >= 0.3 is 5.76 Å². The fourth-order valence-corrected chi connectivity index (χ4v) is 3.96. The summed E-state index contributed by atoms with van der Waals surface area (Å²) in [7, 11) is -4.65. The molecule has 0 saturated carbocycles. The Morgan fingerprint density at radius 1 is 1.24 bits per heavy atom. The molecule has 142 valence electrons. The van der Waals surface area contributed by atoms with Gasteiger partial charge in [0, 0.05) is 25.2 Å². The van der Waals surface area contributed by atoms with E-state index in [2.05, 4.69) is 10.2 Å². The highest BCUT2D eigenvalue weighted by molar-refractivity contribution is 7.91. The molecule has 25 heavy (non-hydrogen) atoms. The predicted octanol–water partition coefficient (Wildman–Crippen LogP) is 2.98. The molecular formula is C17H26F2N2O3S. The van der Waals surface area contributed by atoms with Crippen molar-refractivity contribution in [3.8, 4) is 0 Å². The minimum absolute atomic E-state index is 0.106. The molecule has 1 aromatic carbocycles. The van der Waals surface area contributed by atoms with Crippen molar-refractivity contribution < 1.29 is 21.9 Å². The Morgan fingerprint density at radius 2 is 1.80 bits per heavy atom. The van der Waals surface area contributed by atoms with Gasteiger partial charge < -0.3 is 10.1 Å². The monoisotopic (exact) mass is 376 g/mol. The standard InChI is InChI=1S/C17H26F2N2O3S/c1-12-9-21(10-13(2)24-12)17(3,4)11-20-14-7-5-6-8-15(14)25(22,23)16(18)19/h5-8,12-13,16,20H,9-11H2,1-4H3. The molecule has 0 amide bonds. The van der Waals surface area contributed by atoms with E-state index in [9.17, 15) is 17.2 Å². The minimum atomic E-state index is -4.65. The molecule has 2 unspecified atom stereocenters. The molecule has 2 rings (SSSR count). The van der Waals surface area contributed by atoms with E-state index in [1.54, 1.807) is 6.07 Å². The quantitative estimate of drug-likeness (QED) is 0.827. The van der Waals surface area contributed by atoms with Crippen LogP contribution in [0.15, 0.2) is 29.2 Å². The maximum atomic E-state index is 12.9. The highest BCUT2D eigenvalue weighted by Crippen LogP contribution is 2.28. The summed E-state index contributed by atoms with van der Waals surface area (Å²) in [6.45, 7) is 10.0. The van der Waals surface area contributed by atoms with Crippen molar-refractivity contribution in [3.63, 3.8) is 0 Å². The number of nitrogens with one attached hydrogen (secondary N) is 1. The fraction of sp³-hybridized carbons (Fsp3) is 0.647. The smallest absolute Gasteiger partial charge is 0.341 e. The van der Waals surface area contributed by atoms with Crippen molar-refractivity contribution in [1.29, 1.82) is 0 Å². The lowest BCUT2D eigenvalue weighted by Gasteiger charge is -2.45. The van der Waals surface area contributed by atoms with E-state index in [-0.39, 0.29) is 28.3 Å². The van der Waals surface area contributed by atoms with Crippen molar-refractivity contribution in [1.82, 2.24) is 4.90 Å². The summed E-state index contributed by atoms with van der Waals surface area (Å²) in [5, 5.41) is 3.05. The van der Waals surface area contributed by atoms with Gasteiger partial charge in [-0.3, -0.25) is 4.90 Å². The first-order valence-corrected chi connectivity index (χ1v) is 9.84. The lowest BCUT2D eigenvalue weighted by molar-refractivity contribution is -0.0933. The van der Waals surface area contributed by atoms with Gasteiger partial charge in [0.1, 0.15) is 0 Å². The molecule has 1 fully saturated rings. The maximum absolute atomic E-state index is 12.9. The second-order valence-electron chi connectivity index (χ2n) is 7.13. The molecule has 8 heteroatoms. The zero-order chi connectivity index (χ0) is 18.8. The molecule has 1 heterocycles. The Bertz CT molecular complexity index is 685. The highest BCUT2D eigenvalue weighted by atomic mass is 32.2. The van der Waals surface area contributed by atoms with Crippen LogP contribution in [0.5, 0.6) is 0 Å². The van der Waals surface area contributed by atoms with Gasteiger partial charge in [-0.2, -0.15) is 8.78 Å². The number of hydrogen-bond donors (Lipinski definition) is 1. The van der Waals surface area contributed by atoms with Gasteiger partial charge in [-0.05, 0) is 39.8 Å². The van der Waals surface area contributed by atoms with E-state index in [0.29, 0.717) is 6.54 Å². The van der Waals surface area contributed by atoms with E-state index in [4.69, 9.17) is 4.74 Å². The van der Waals surface area contributed by atoms with Gasteiger partial charge in [-0.1, -0.05) is 12.1 Å². The van der Waals surface area contributed by atoms with E-state index in [1.165, 1.54) is 18.2 Å². The number of benzene rings is 1. The summed E-state index contributed by atoms with van der Waals surface area (Å²) in [6.07, 6.45) is 0.212. The fourth-order valence-electron chi connectivity index (χ4n) is 3.05. The van der Waals surface area contributed by atoms with Gasteiger partial charge in [0.05, 0.1) is 22.8 Å². The average molecular weight is 376 g/mol. The third kappa shape index (κ3) is 4.68. The Balaban J connectivity index is 2.16. The first-order chi connectivity index (χ1) is 11.5. The summed E-state index contributed by atoms with van der Waals surface area (Å²) in [5.74, 6) is -3.44. The van der Waals surface area contributed by atoms with Crippen LogP contribution in [0.25, 0.3) is 0 Å². The van der Waals surface area contributed by atoms with Crippen LogP contribution in [0.1, 0.15) is 27.7 Å². The van der Waals surface area contributed by atoms with E-state index >= 15 is 0 Å². The molecular weight excluding hydrogens is 350 g/mol. The summed E-state index contributed by atoms with van der Waals surface area (Å²) < 4.78 is 55.2. The van der Waals surface area contributed by atoms with Crippen LogP contribution < -0.4 is 5.32 Å². The molecule has 2 atom stereocenters. The third-order valence-corrected chi connectivity index (χ3v) is 5.85. The number of halogens is 2. The zero-order valence-electron chi connectivity index (χ0n) is 15.0. The van der Waals surface area contributed by atoms with Gasteiger partial charge in [0.15, 0.2) is 0 Å². The van der Waals surface area contributed by atoms with Crippen LogP contribution in [0.4, 0.5) is 14.5 Å². The van der Waals surface area contributed by atoms with Crippen LogP contribution in [0.2, 0.25) is 0 Å². The average Bonchev–Trinajstić information content (AvgIpc) is 2.52. The largest absolute Gasteiger partial charge is 0.382 e. The Kier molecular flexibility index (Phi) is 6.06. The van der Waals surface area contributed by atoms with Crippen LogP contribution in [0.3, 0.4) is 0 Å². The number of rotatable bonds is 6. The molecule has 0 aromatic heterocycles. The molecule has 5 nitrogen and oxygen atoms in total. The van der Waals surface area contributed by atoms with E-state index in [1.807, 2.05) is 27.7 Å². The molecule has 0 radical (unpaired) electrons. The van der Waals surface area contributed by atoms with E-state index < -0.39 is 15.6 Å². The molecule has 1 saturated heterocycles. The third-order valence-electron chi connectivity index (χ3n) is 4.42. The topological polar surface area (TPSA) is 58.6 Å². The van der Waals surface area contributed by atoms with Crippen LogP contribution in [-0.2, 0) is 14.6 Å². The van der Waals surface area contributed by atoms with Crippen molar-refractivity contribution in [3.05, 3.63) is 24.3 Å². The van der Waals surface area contributed by atoms with Crippen LogP contribution >= 0.6 is 0 Å². The lowest BCUT2D eigenvalue weighted by atomic mass is 10.00. The number of hydrogen-bond acceptors (Lipinski definition) is 5. The lowest BCUT2D eigenvalue weighted by Crippen LogP contribution is -2.57. The number of anilines is 1. The summed E-state index contributed by atoms with van der Waals surface area (Å²) in [5.41, 5.74) is -0.0983. The normalized spacial score (nSPS) is 23.0. The van der Waals surface area contributed by atoms with Crippen LogP contribution in [0, 0.1) is 0 Å². The molecule has 1 aromatic rings.